The molecule has 0 aliphatic carbocycles. The molecule has 74 valence electrons. The minimum absolute atomic E-state index is 0.236. The summed E-state index contributed by atoms with van der Waals surface area (Å²) in [7, 11) is 0. The highest BCUT2D eigenvalue weighted by Crippen LogP contribution is 2.18. The summed E-state index contributed by atoms with van der Waals surface area (Å²) in [5, 5.41) is 6.01. The van der Waals surface area contributed by atoms with Crippen molar-refractivity contribution in [2.75, 3.05) is 0 Å². The molecule has 1 heterocycles. The Kier molecular flexibility index (Phi) is 2.11. The minimum atomic E-state index is -0.562. The molecule has 1 atom stereocenters. The number of benzene rings is 1. The second kappa shape index (κ2) is 3.29. The molecule has 2 N–H and O–H groups in total. The third kappa shape index (κ3) is 1.69. The second-order valence-electron chi connectivity index (χ2n) is 3.27. The van der Waals surface area contributed by atoms with Crippen LogP contribution in [0.2, 0.25) is 0 Å². The molecular formula is C10H10F2N2. The zero-order valence-electron chi connectivity index (χ0n) is 7.64. The highest BCUT2D eigenvalue weighted by Gasteiger charge is 2.15. The summed E-state index contributed by atoms with van der Waals surface area (Å²) in [5.41, 5.74) is 1.50. The van der Waals surface area contributed by atoms with Crippen molar-refractivity contribution in [1.82, 2.24) is 10.6 Å². The van der Waals surface area contributed by atoms with Gasteiger partial charge in [-0.05, 0) is 19.1 Å². The highest BCUT2D eigenvalue weighted by molar-refractivity contribution is 5.24. The number of hydrogen-bond acceptors (Lipinski definition) is 2. The van der Waals surface area contributed by atoms with Gasteiger partial charge in [-0.1, -0.05) is 0 Å². The molecule has 0 bridgehead atoms. The molecule has 0 fully saturated rings. The maximum atomic E-state index is 12.9. The van der Waals surface area contributed by atoms with E-state index in [1.165, 1.54) is 12.1 Å². The summed E-state index contributed by atoms with van der Waals surface area (Å²) in [5.74, 6) is -1.12. The zero-order valence-corrected chi connectivity index (χ0v) is 7.64. The Balaban J connectivity index is 2.25. The number of allylic oxidation sites excluding steroid dienone is 1. The summed E-state index contributed by atoms with van der Waals surface area (Å²) in [6.45, 7) is 1.88. The van der Waals surface area contributed by atoms with E-state index in [2.05, 4.69) is 10.6 Å². The van der Waals surface area contributed by atoms with Gasteiger partial charge in [0.05, 0.1) is 0 Å². The quantitative estimate of drug-likeness (QED) is 0.718. The molecule has 4 heteroatoms. The number of nitrogens with one attached hydrogen (secondary N) is 2. The van der Waals surface area contributed by atoms with E-state index >= 15 is 0 Å². The van der Waals surface area contributed by atoms with E-state index in [4.69, 9.17) is 0 Å². The van der Waals surface area contributed by atoms with Crippen LogP contribution in [-0.2, 0) is 0 Å². The maximum Gasteiger partial charge on any atom is 0.126 e. The largest absolute Gasteiger partial charge is 0.366 e. The molecule has 0 spiro atoms. The van der Waals surface area contributed by atoms with Gasteiger partial charge in [0.25, 0.3) is 0 Å². The topological polar surface area (TPSA) is 24.1 Å². The van der Waals surface area contributed by atoms with Gasteiger partial charge in [-0.25, -0.2) is 8.78 Å². The first-order valence-corrected chi connectivity index (χ1v) is 4.30. The lowest BCUT2D eigenvalue weighted by Gasteiger charge is -2.13. The Morgan fingerprint density at radius 1 is 1.14 bits per heavy atom. The van der Waals surface area contributed by atoms with Gasteiger partial charge in [-0.3, -0.25) is 0 Å². The van der Waals surface area contributed by atoms with Crippen LogP contribution in [0.3, 0.4) is 0 Å². The molecule has 2 rings (SSSR count). The van der Waals surface area contributed by atoms with E-state index < -0.39 is 11.6 Å². The van der Waals surface area contributed by atoms with Crippen molar-refractivity contribution in [3.63, 3.8) is 0 Å². The van der Waals surface area contributed by atoms with E-state index in [-0.39, 0.29) is 6.17 Å². The number of rotatable bonds is 1. The first-order valence-electron chi connectivity index (χ1n) is 4.30. The van der Waals surface area contributed by atoms with Crippen molar-refractivity contribution >= 4 is 0 Å². The van der Waals surface area contributed by atoms with Crippen LogP contribution >= 0.6 is 0 Å². The summed E-state index contributed by atoms with van der Waals surface area (Å²) in [6, 6.07) is 3.47. The van der Waals surface area contributed by atoms with Crippen LogP contribution in [0.4, 0.5) is 8.78 Å². The van der Waals surface area contributed by atoms with Crippen molar-refractivity contribution < 1.29 is 8.78 Å². The Bertz CT molecular complexity index is 367. The molecule has 1 aliphatic heterocycles. The Hall–Kier alpha value is -1.58. The predicted molar refractivity (Wildman–Crippen MR) is 49.1 cm³/mol. The van der Waals surface area contributed by atoms with Gasteiger partial charge in [-0.2, -0.15) is 0 Å². The molecule has 0 radical (unpaired) electrons. The SMILES string of the molecule is CC1=CNC(c2cc(F)cc(F)c2)N1. The minimum Gasteiger partial charge on any atom is -0.366 e. The average molecular weight is 196 g/mol. The van der Waals surface area contributed by atoms with Crippen molar-refractivity contribution in [1.29, 1.82) is 0 Å². The van der Waals surface area contributed by atoms with Gasteiger partial charge in [0.15, 0.2) is 0 Å². The Labute approximate surface area is 80.6 Å². The van der Waals surface area contributed by atoms with Crippen molar-refractivity contribution in [3.8, 4) is 0 Å². The van der Waals surface area contributed by atoms with Crippen LogP contribution < -0.4 is 10.6 Å². The van der Waals surface area contributed by atoms with Gasteiger partial charge in [0.1, 0.15) is 17.8 Å². The molecule has 1 aromatic carbocycles. The van der Waals surface area contributed by atoms with Crippen LogP contribution in [0.5, 0.6) is 0 Å². The normalized spacial score (nSPS) is 19.9. The van der Waals surface area contributed by atoms with Crippen LogP contribution in [0.15, 0.2) is 30.1 Å². The van der Waals surface area contributed by atoms with E-state index in [9.17, 15) is 8.78 Å². The summed E-state index contributed by atoms with van der Waals surface area (Å²) < 4.78 is 25.7. The monoisotopic (exact) mass is 196 g/mol. The molecule has 1 unspecified atom stereocenters. The van der Waals surface area contributed by atoms with Gasteiger partial charge >= 0.3 is 0 Å². The third-order valence-corrected chi connectivity index (χ3v) is 2.06. The van der Waals surface area contributed by atoms with Gasteiger partial charge in [0, 0.05) is 23.5 Å². The molecule has 0 aromatic heterocycles. The first kappa shape index (κ1) is 8.99. The van der Waals surface area contributed by atoms with Crippen LogP contribution in [0.25, 0.3) is 0 Å². The summed E-state index contributed by atoms with van der Waals surface area (Å²) in [6.07, 6.45) is 1.54. The fraction of sp³-hybridized carbons (Fsp3) is 0.200. The average Bonchev–Trinajstić information content (AvgIpc) is 2.50. The lowest BCUT2D eigenvalue weighted by molar-refractivity contribution is 0.551. The second-order valence-corrected chi connectivity index (χ2v) is 3.27. The van der Waals surface area contributed by atoms with Gasteiger partial charge in [0.2, 0.25) is 0 Å². The predicted octanol–water partition coefficient (Wildman–Crippen LogP) is 2.02. The van der Waals surface area contributed by atoms with Crippen LogP contribution in [-0.4, -0.2) is 0 Å². The van der Waals surface area contributed by atoms with Gasteiger partial charge < -0.3 is 10.6 Å². The Morgan fingerprint density at radius 2 is 1.79 bits per heavy atom. The zero-order chi connectivity index (χ0) is 10.1. The molecule has 0 amide bonds. The molecular weight excluding hydrogens is 186 g/mol. The van der Waals surface area contributed by atoms with Crippen molar-refractivity contribution in [2.24, 2.45) is 0 Å². The van der Waals surface area contributed by atoms with Crippen molar-refractivity contribution in [3.05, 3.63) is 47.3 Å². The number of halogens is 2. The lowest BCUT2D eigenvalue weighted by atomic mass is 10.1. The molecule has 2 nitrogen and oxygen atoms in total. The fourth-order valence-electron chi connectivity index (χ4n) is 1.44. The van der Waals surface area contributed by atoms with E-state index in [0.29, 0.717) is 5.56 Å². The van der Waals surface area contributed by atoms with Gasteiger partial charge in [-0.15, -0.1) is 0 Å². The van der Waals surface area contributed by atoms with E-state index in [1.54, 1.807) is 6.20 Å². The molecule has 1 aliphatic rings. The van der Waals surface area contributed by atoms with E-state index in [1.807, 2.05) is 6.92 Å². The van der Waals surface area contributed by atoms with E-state index in [0.717, 1.165) is 11.8 Å². The highest BCUT2D eigenvalue weighted by atomic mass is 19.1. The third-order valence-electron chi connectivity index (χ3n) is 2.06. The number of hydrogen-bond donors (Lipinski definition) is 2. The molecule has 0 saturated heterocycles. The Morgan fingerprint density at radius 3 is 2.29 bits per heavy atom. The molecule has 0 saturated carbocycles. The summed E-state index contributed by atoms with van der Waals surface area (Å²) >= 11 is 0. The summed E-state index contributed by atoms with van der Waals surface area (Å²) in [4.78, 5) is 0. The molecule has 14 heavy (non-hydrogen) atoms. The fourth-order valence-corrected chi connectivity index (χ4v) is 1.44. The van der Waals surface area contributed by atoms with Crippen molar-refractivity contribution in [2.45, 2.75) is 13.1 Å². The molecule has 1 aromatic rings. The van der Waals surface area contributed by atoms with Crippen LogP contribution in [0, 0.1) is 11.6 Å². The standard InChI is InChI=1S/C10H10F2N2/c1-6-5-13-10(14-6)7-2-8(11)4-9(12)3-7/h2-5,10,13-14H,1H3. The van der Waals surface area contributed by atoms with Crippen LogP contribution in [0.1, 0.15) is 18.7 Å². The maximum absolute atomic E-state index is 12.9. The first-order chi connectivity index (χ1) is 6.65. The lowest BCUT2D eigenvalue weighted by Crippen LogP contribution is -2.22. The smallest absolute Gasteiger partial charge is 0.126 e.